The molecule has 0 aromatic carbocycles. The molecule has 0 saturated heterocycles. The number of nitrogens with zero attached hydrogens (tertiary/aromatic N) is 1. The molecule has 1 aromatic heterocycles. The molecule has 3 atom stereocenters. The van der Waals surface area contributed by atoms with Crippen LogP contribution in [-0.4, -0.2) is 71.9 Å². The van der Waals surface area contributed by atoms with Crippen LogP contribution in [0.5, 0.6) is 0 Å². The maximum Gasteiger partial charge on any atom is 0.330 e. The Kier molecular flexibility index (Phi) is 22.0. The number of hydrogen-bond acceptors (Lipinski definition) is 9. The van der Waals surface area contributed by atoms with Crippen LogP contribution >= 0.6 is 7.60 Å². The van der Waals surface area contributed by atoms with Crippen molar-refractivity contribution in [3.63, 3.8) is 0 Å². The predicted octanol–water partition coefficient (Wildman–Crippen LogP) is 6.88. The van der Waals surface area contributed by atoms with Gasteiger partial charge in [-0.15, -0.1) is 0 Å². The highest BCUT2D eigenvalue weighted by atomic mass is 31.2. The number of rotatable bonds is 30. The zero-order valence-corrected chi connectivity index (χ0v) is 28.4. The van der Waals surface area contributed by atoms with Crippen molar-refractivity contribution in [1.29, 1.82) is 0 Å². The first-order chi connectivity index (χ1) is 21.5. The highest BCUT2D eigenvalue weighted by molar-refractivity contribution is 7.53. The Bertz CT molecular complexity index is 949. The number of aliphatic hydroxyl groups is 2. The van der Waals surface area contributed by atoms with Crippen molar-refractivity contribution in [1.82, 2.24) is 15.3 Å². The molecule has 0 fully saturated rings. The normalized spacial score (nSPS) is 16.5. The Labute approximate surface area is 266 Å². The highest BCUT2D eigenvalue weighted by Gasteiger charge is 2.28. The van der Waals surface area contributed by atoms with E-state index in [4.69, 9.17) is 14.2 Å². The minimum atomic E-state index is -3.22. The van der Waals surface area contributed by atoms with Gasteiger partial charge in [0.2, 0.25) is 0 Å². The molecule has 2 heterocycles. The van der Waals surface area contributed by atoms with Crippen molar-refractivity contribution in [3.05, 3.63) is 22.4 Å². The molecule has 0 amide bonds. The summed E-state index contributed by atoms with van der Waals surface area (Å²) in [6.45, 7) is 3.99. The van der Waals surface area contributed by atoms with Gasteiger partial charge in [0.15, 0.2) is 0 Å². The van der Waals surface area contributed by atoms with Gasteiger partial charge in [-0.3, -0.25) is 9.36 Å². The second-order valence-corrected chi connectivity index (χ2v) is 14.5. The minimum absolute atomic E-state index is 0.0283. The van der Waals surface area contributed by atoms with E-state index in [2.05, 4.69) is 20.6 Å². The summed E-state index contributed by atoms with van der Waals surface area (Å²) in [5.74, 6) is 0.0283. The van der Waals surface area contributed by atoms with Crippen LogP contribution < -0.4 is 16.2 Å². The fourth-order valence-electron chi connectivity index (χ4n) is 5.87. The van der Waals surface area contributed by atoms with Crippen LogP contribution in [0.4, 0.5) is 5.69 Å². The molecule has 44 heavy (non-hydrogen) atoms. The summed E-state index contributed by atoms with van der Waals surface area (Å²) >= 11 is 0. The van der Waals surface area contributed by atoms with Crippen molar-refractivity contribution in [2.45, 2.75) is 141 Å². The lowest BCUT2D eigenvalue weighted by atomic mass is 10.0. The SMILES string of the molecule is CCOP(=O)(CC[C@@H](CO)NCC1CNc2c1nc[nH]c2=O)OCCCCCCCCCCCCCCCCCCCCO. The first kappa shape index (κ1) is 38.9. The Balaban J connectivity index is 1.45. The predicted molar refractivity (Wildman–Crippen MR) is 180 cm³/mol. The van der Waals surface area contributed by atoms with Crippen molar-refractivity contribution in [2.24, 2.45) is 0 Å². The first-order valence-electron chi connectivity index (χ1n) is 17.7. The zero-order chi connectivity index (χ0) is 31.7. The summed E-state index contributed by atoms with van der Waals surface area (Å²) in [5, 5.41) is 25.1. The molecule has 11 heteroatoms. The Morgan fingerprint density at radius 3 is 1.95 bits per heavy atom. The molecular weight excluding hydrogens is 579 g/mol. The molecule has 5 N–H and O–H groups in total. The van der Waals surface area contributed by atoms with E-state index >= 15 is 0 Å². The highest BCUT2D eigenvalue weighted by Crippen LogP contribution is 2.49. The van der Waals surface area contributed by atoms with Gasteiger partial charge >= 0.3 is 7.60 Å². The third-order valence-corrected chi connectivity index (χ3v) is 10.6. The Morgan fingerprint density at radius 2 is 1.43 bits per heavy atom. The molecule has 0 aliphatic carbocycles. The number of aliphatic hydroxyl groups excluding tert-OH is 2. The molecule has 0 radical (unpaired) electrons. The van der Waals surface area contributed by atoms with Crippen molar-refractivity contribution < 1.29 is 23.8 Å². The quantitative estimate of drug-likeness (QED) is 0.0448. The lowest BCUT2D eigenvalue weighted by Gasteiger charge is -2.22. The van der Waals surface area contributed by atoms with Gasteiger partial charge in [-0.1, -0.05) is 103 Å². The second-order valence-electron chi connectivity index (χ2n) is 12.3. The smallest absolute Gasteiger partial charge is 0.330 e. The minimum Gasteiger partial charge on any atom is -0.396 e. The number of aromatic amines is 1. The molecule has 0 saturated carbocycles. The van der Waals surface area contributed by atoms with Crippen LogP contribution in [0.1, 0.15) is 141 Å². The number of anilines is 1. The zero-order valence-electron chi connectivity index (χ0n) is 27.5. The van der Waals surface area contributed by atoms with Crippen LogP contribution in [0.15, 0.2) is 11.1 Å². The second kappa shape index (κ2) is 24.9. The van der Waals surface area contributed by atoms with Crippen molar-refractivity contribution in [3.8, 4) is 0 Å². The van der Waals surface area contributed by atoms with Gasteiger partial charge in [-0.25, -0.2) is 4.98 Å². The number of aromatic nitrogens is 2. The summed E-state index contributed by atoms with van der Waals surface area (Å²) < 4.78 is 24.6. The summed E-state index contributed by atoms with van der Waals surface area (Å²) in [6, 6.07) is -0.248. The monoisotopic (exact) mass is 642 g/mol. The molecule has 2 rings (SSSR count). The maximum atomic E-state index is 13.3. The van der Waals surface area contributed by atoms with Crippen LogP contribution in [-0.2, 0) is 13.6 Å². The van der Waals surface area contributed by atoms with Gasteiger partial charge in [-0.2, -0.15) is 0 Å². The molecule has 2 unspecified atom stereocenters. The van der Waals surface area contributed by atoms with E-state index in [1.807, 2.05) is 6.92 Å². The van der Waals surface area contributed by atoms with Gasteiger partial charge in [0.1, 0.15) is 5.69 Å². The van der Waals surface area contributed by atoms with Crippen LogP contribution in [0.25, 0.3) is 0 Å². The number of fused-ring (bicyclic) bond motifs is 1. The Hall–Kier alpha value is -1.29. The molecule has 1 aliphatic heterocycles. The van der Waals surface area contributed by atoms with Crippen LogP contribution in [0.2, 0.25) is 0 Å². The van der Waals surface area contributed by atoms with Gasteiger partial charge in [0, 0.05) is 31.7 Å². The summed E-state index contributed by atoms with van der Waals surface area (Å²) in [7, 11) is -3.22. The van der Waals surface area contributed by atoms with E-state index in [-0.39, 0.29) is 30.3 Å². The molecule has 0 spiro atoms. The maximum absolute atomic E-state index is 13.3. The third kappa shape index (κ3) is 16.9. The number of unbranched alkanes of at least 4 members (excludes halogenated alkanes) is 17. The fraction of sp³-hybridized carbons (Fsp3) is 0.879. The fourth-order valence-corrected chi connectivity index (χ4v) is 7.64. The largest absolute Gasteiger partial charge is 0.396 e. The number of H-pyrrole nitrogens is 1. The topological polar surface area (TPSA) is 146 Å². The third-order valence-electron chi connectivity index (χ3n) is 8.59. The van der Waals surface area contributed by atoms with Gasteiger partial charge in [0.25, 0.3) is 5.56 Å². The van der Waals surface area contributed by atoms with Gasteiger partial charge < -0.3 is 34.9 Å². The summed E-state index contributed by atoms with van der Waals surface area (Å²) in [5.41, 5.74) is 1.07. The molecule has 10 nitrogen and oxygen atoms in total. The van der Waals surface area contributed by atoms with Crippen molar-refractivity contribution in [2.75, 3.05) is 51.0 Å². The van der Waals surface area contributed by atoms with E-state index in [0.29, 0.717) is 45.0 Å². The van der Waals surface area contributed by atoms with Crippen LogP contribution in [0, 0.1) is 0 Å². The Morgan fingerprint density at radius 1 is 0.886 bits per heavy atom. The van der Waals surface area contributed by atoms with Crippen molar-refractivity contribution >= 4 is 13.3 Å². The van der Waals surface area contributed by atoms with Gasteiger partial charge in [0.05, 0.1) is 38.0 Å². The summed E-state index contributed by atoms with van der Waals surface area (Å²) in [6.07, 6.45) is 24.8. The van der Waals surface area contributed by atoms with E-state index in [0.717, 1.165) is 25.0 Å². The lowest BCUT2D eigenvalue weighted by Crippen LogP contribution is -2.36. The molecular formula is C33H63N4O6P. The molecule has 0 bridgehead atoms. The average molecular weight is 643 g/mol. The average Bonchev–Trinajstić information content (AvgIpc) is 3.44. The van der Waals surface area contributed by atoms with Gasteiger partial charge in [-0.05, 0) is 26.2 Å². The standard InChI is InChI=1S/C33H63N4O6P/c1-2-42-44(41,24-21-30(27-39)34-25-29-26-35-32-31(29)36-28-37-33(32)40)43-23-20-18-16-14-12-10-8-6-4-3-5-7-9-11-13-15-17-19-22-38/h28-30,34-35,38-39H,2-27H2,1H3,(H,36,37,40)/t29?,30-,44?/m0/s1. The van der Waals surface area contributed by atoms with Crippen LogP contribution in [0.3, 0.4) is 0 Å². The number of nitrogens with one attached hydrogen (secondary N) is 3. The molecule has 256 valence electrons. The number of hydrogen-bond donors (Lipinski definition) is 5. The molecule has 1 aliphatic rings. The molecule has 1 aromatic rings. The van der Waals surface area contributed by atoms with E-state index in [1.165, 1.54) is 103 Å². The van der Waals surface area contributed by atoms with E-state index in [9.17, 15) is 14.5 Å². The summed E-state index contributed by atoms with van der Waals surface area (Å²) in [4.78, 5) is 18.8. The van der Waals surface area contributed by atoms with E-state index in [1.54, 1.807) is 0 Å². The lowest BCUT2D eigenvalue weighted by molar-refractivity contribution is 0.201. The van der Waals surface area contributed by atoms with E-state index < -0.39 is 7.60 Å². The first-order valence-corrected chi connectivity index (χ1v) is 19.4.